The van der Waals surface area contributed by atoms with Crippen LogP contribution in [0.5, 0.6) is 0 Å². The van der Waals surface area contributed by atoms with E-state index >= 15 is 0 Å². The number of hydrogen-bond donors (Lipinski definition) is 1. The lowest BCUT2D eigenvalue weighted by atomic mass is 9.87. The van der Waals surface area contributed by atoms with Crippen LogP contribution >= 0.6 is 0 Å². The van der Waals surface area contributed by atoms with Gasteiger partial charge in [0.15, 0.2) is 0 Å². The molecule has 1 aromatic heterocycles. The molecule has 3 heteroatoms. The molecule has 1 saturated carbocycles. The Hall–Kier alpha value is -1.38. The Bertz CT molecular complexity index is 426. The number of anilines is 1. The summed E-state index contributed by atoms with van der Waals surface area (Å²) in [5.41, 5.74) is 0.908. The third-order valence-corrected chi connectivity index (χ3v) is 4.09. The number of fused-ring (bicyclic) bond motifs is 2. The normalized spacial score (nSPS) is 31.8. The summed E-state index contributed by atoms with van der Waals surface area (Å²) in [5.74, 6) is 1.80. The van der Waals surface area contributed by atoms with E-state index in [0.717, 1.165) is 17.5 Å². The van der Waals surface area contributed by atoms with Crippen LogP contribution in [0.3, 0.4) is 0 Å². The van der Waals surface area contributed by atoms with E-state index in [9.17, 15) is 4.39 Å². The smallest absolute Gasteiger partial charge is 0.212 e. The maximum Gasteiger partial charge on any atom is 0.212 e. The molecule has 0 amide bonds. The molecule has 1 aromatic rings. The number of nitrogens with zero attached hydrogens (tertiary/aromatic N) is 1. The van der Waals surface area contributed by atoms with E-state index in [1.165, 1.54) is 18.9 Å². The lowest BCUT2D eigenvalue weighted by molar-refractivity contribution is 0.399. The van der Waals surface area contributed by atoms with E-state index in [1.54, 1.807) is 12.3 Å². The molecule has 0 saturated heterocycles. The van der Waals surface area contributed by atoms with E-state index in [4.69, 9.17) is 0 Å². The highest BCUT2D eigenvalue weighted by atomic mass is 19.1. The second-order valence-corrected chi connectivity index (χ2v) is 5.25. The van der Waals surface area contributed by atoms with Crippen LogP contribution in [-0.2, 0) is 0 Å². The molecule has 1 heterocycles. The van der Waals surface area contributed by atoms with Gasteiger partial charge in [-0.1, -0.05) is 12.2 Å². The summed E-state index contributed by atoms with van der Waals surface area (Å²) in [5, 5.41) is 3.43. The topological polar surface area (TPSA) is 24.9 Å². The first-order chi connectivity index (χ1) is 8.22. The summed E-state index contributed by atoms with van der Waals surface area (Å²) in [4.78, 5) is 3.66. The van der Waals surface area contributed by atoms with Crippen LogP contribution in [0.4, 0.5) is 10.1 Å². The zero-order chi connectivity index (χ0) is 11.8. The first-order valence-electron chi connectivity index (χ1n) is 6.29. The summed E-state index contributed by atoms with van der Waals surface area (Å²) < 4.78 is 12.7. The second-order valence-electron chi connectivity index (χ2n) is 5.25. The molecule has 1 N–H and O–H groups in total. The van der Waals surface area contributed by atoms with Crippen molar-refractivity contribution in [3.05, 3.63) is 36.4 Å². The number of halogens is 1. The highest BCUT2D eigenvalue weighted by molar-refractivity contribution is 5.41. The number of hydrogen-bond acceptors (Lipinski definition) is 2. The molecule has 17 heavy (non-hydrogen) atoms. The lowest BCUT2D eigenvalue weighted by Gasteiger charge is -2.26. The van der Waals surface area contributed by atoms with Gasteiger partial charge in [0.1, 0.15) is 0 Å². The third-order valence-electron chi connectivity index (χ3n) is 4.09. The molecule has 0 aromatic carbocycles. The minimum atomic E-state index is -0.425. The van der Waals surface area contributed by atoms with Gasteiger partial charge in [-0.2, -0.15) is 4.39 Å². The molecule has 2 bridgehead atoms. The molecule has 4 atom stereocenters. The summed E-state index contributed by atoms with van der Waals surface area (Å²) in [6, 6.07) is 3.57. The van der Waals surface area contributed by atoms with Crippen LogP contribution in [0.15, 0.2) is 30.5 Å². The van der Waals surface area contributed by atoms with Crippen LogP contribution < -0.4 is 5.32 Å². The Balaban J connectivity index is 1.65. The molecule has 0 aliphatic heterocycles. The third kappa shape index (κ3) is 2.06. The van der Waals surface area contributed by atoms with Crippen LogP contribution in [0.25, 0.3) is 0 Å². The van der Waals surface area contributed by atoms with Gasteiger partial charge in [-0.05, 0) is 49.7 Å². The Morgan fingerprint density at radius 3 is 2.82 bits per heavy atom. The van der Waals surface area contributed by atoms with Crippen molar-refractivity contribution in [3.63, 3.8) is 0 Å². The average molecular weight is 232 g/mol. The monoisotopic (exact) mass is 232 g/mol. The fourth-order valence-electron chi connectivity index (χ4n) is 3.23. The first kappa shape index (κ1) is 10.8. The summed E-state index contributed by atoms with van der Waals surface area (Å²) in [6.07, 6.45) is 8.88. The molecule has 2 aliphatic carbocycles. The Labute approximate surface area is 101 Å². The molecule has 2 aliphatic rings. The van der Waals surface area contributed by atoms with Gasteiger partial charge < -0.3 is 5.32 Å². The fraction of sp³-hybridized carbons (Fsp3) is 0.500. The molecule has 0 radical (unpaired) electrons. The summed E-state index contributed by atoms with van der Waals surface area (Å²) in [6.45, 7) is 2.21. The van der Waals surface area contributed by atoms with Crippen molar-refractivity contribution in [1.29, 1.82) is 0 Å². The molecule has 2 nitrogen and oxygen atoms in total. The number of aromatic nitrogens is 1. The van der Waals surface area contributed by atoms with Crippen molar-refractivity contribution in [3.8, 4) is 0 Å². The minimum Gasteiger partial charge on any atom is -0.381 e. The van der Waals surface area contributed by atoms with Crippen LogP contribution in [0.1, 0.15) is 19.8 Å². The van der Waals surface area contributed by atoms with Crippen molar-refractivity contribution >= 4 is 5.69 Å². The zero-order valence-electron chi connectivity index (χ0n) is 9.94. The van der Waals surface area contributed by atoms with Gasteiger partial charge in [-0.15, -0.1) is 0 Å². The Morgan fingerprint density at radius 2 is 2.24 bits per heavy atom. The molecular formula is C14H17FN2. The quantitative estimate of drug-likeness (QED) is 0.639. The Kier molecular flexibility index (Phi) is 2.61. The molecular weight excluding hydrogens is 215 g/mol. The van der Waals surface area contributed by atoms with E-state index in [1.807, 2.05) is 0 Å². The fourth-order valence-corrected chi connectivity index (χ4v) is 3.23. The second kappa shape index (κ2) is 4.13. The minimum absolute atomic E-state index is 0.419. The van der Waals surface area contributed by atoms with Gasteiger partial charge in [-0.25, -0.2) is 4.98 Å². The van der Waals surface area contributed by atoms with Crippen molar-refractivity contribution in [2.75, 3.05) is 5.32 Å². The predicted octanol–water partition coefficient (Wildman–Crippen LogP) is 3.23. The van der Waals surface area contributed by atoms with E-state index in [0.29, 0.717) is 12.0 Å². The highest BCUT2D eigenvalue weighted by Gasteiger charge is 2.38. The molecule has 3 rings (SSSR count). The summed E-state index contributed by atoms with van der Waals surface area (Å²) in [7, 11) is 0. The van der Waals surface area contributed by atoms with Gasteiger partial charge in [-0.3, -0.25) is 0 Å². The van der Waals surface area contributed by atoms with E-state index < -0.39 is 5.95 Å². The average Bonchev–Trinajstić information content (AvgIpc) is 2.94. The number of nitrogens with one attached hydrogen (secondary N) is 1. The standard InChI is InChI=1S/C14H17FN2/c1-9(13-7-10-2-3-11(13)6-10)17-12-4-5-14(15)16-8-12/h2-5,8-11,13,17H,6-7H2,1H3. The van der Waals surface area contributed by atoms with Gasteiger partial charge in [0, 0.05) is 6.04 Å². The SMILES string of the molecule is CC(Nc1ccc(F)nc1)C1CC2C=CC1C2. The number of allylic oxidation sites excluding steroid dienone is 2. The summed E-state index contributed by atoms with van der Waals surface area (Å²) >= 11 is 0. The van der Waals surface area contributed by atoms with Crippen LogP contribution in [-0.4, -0.2) is 11.0 Å². The van der Waals surface area contributed by atoms with Gasteiger partial charge in [0.2, 0.25) is 5.95 Å². The predicted molar refractivity (Wildman–Crippen MR) is 66.1 cm³/mol. The lowest BCUT2D eigenvalue weighted by Crippen LogP contribution is -2.28. The van der Waals surface area contributed by atoms with E-state index in [-0.39, 0.29) is 0 Å². The first-order valence-corrected chi connectivity index (χ1v) is 6.29. The molecule has 90 valence electrons. The Morgan fingerprint density at radius 1 is 1.35 bits per heavy atom. The molecule has 1 fully saturated rings. The van der Waals surface area contributed by atoms with Crippen molar-refractivity contribution in [2.24, 2.45) is 17.8 Å². The zero-order valence-corrected chi connectivity index (χ0v) is 9.94. The van der Waals surface area contributed by atoms with Gasteiger partial charge in [0.25, 0.3) is 0 Å². The van der Waals surface area contributed by atoms with Gasteiger partial charge >= 0.3 is 0 Å². The maximum absolute atomic E-state index is 12.7. The van der Waals surface area contributed by atoms with Gasteiger partial charge in [0.05, 0.1) is 11.9 Å². The van der Waals surface area contributed by atoms with Crippen molar-refractivity contribution in [1.82, 2.24) is 4.98 Å². The molecule has 4 unspecified atom stereocenters. The number of pyridine rings is 1. The number of rotatable bonds is 3. The van der Waals surface area contributed by atoms with Crippen molar-refractivity contribution < 1.29 is 4.39 Å². The molecule has 0 spiro atoms. The van der Waals surface area contributed by atoms with Crippen LogP contribution in [0.2, 0.25) is 0 Å². The largest absolute Gasteiger partial charge is 0.381 e. The van der Waals surface area contributed by atoms with E-state index in [2.05, 4.69) is 29.4 Å². The van der Waals surface area contributed by atoms with Crippen molar-refractivity contribution in [2.45, 2.75) is 25.8 Å². The highest BCUT2D eigenvalue weighted by Crippen LogP contribution is 2.45. The van der Waals surface area contributed by atoms with Crippen LogP contribution in [0, 0.1) is 23.7 Å². The maximum atomic E-state index is 12.7.